The summed E-state index contributed by atoms with van der Waals surface area (Å²) in [6, 6.07) is 17.0. The number of nitrogens with zero attached hydrogens (tertiary/aromatic N) is 1. The summed E-state index contributed by atoms with van der Waals surface area (Å²) in [5, 5.41) is 5.29. The third-order valence-electron chi connectivity index (χ3n) is 5.86. The minimum Gasteiger partial charge on any atom is -0.378 e. The number of benzene rings is 2. The van der Waals surface area contributed by atoms with E-state index in [-0.39, 0.29) is 11.9 Å². The van der Waals surface area contributed by atoms with Gasteiger partial charge in [0.15, 0.2) is 6.04 Å². The largest absolute Gasteiger partial charge is 0.378 e. The van der Waals surface area contributed by atoms with Gasteiger partial charge >= 0.3 is 0 Å². The van der Waals surface area contributed by atoms with Gasteiger partial charge in [-0.1, -0.05) is 24.3 Å². The van der Waals surface area contributed by atoms with Crippen LogP contribution in [-0.4, -0.2) is 38.3 Å². The van der Waals surface area contributed by atoms with Crippen molar-refractivity contribution < 1.29 is 14.8 Å². The highest BCUT2D eigenvalue weighted by molar-refractivity contribution is 5.93. The lowest BCUT2D eigenvalue weighted by atomic mass is 9.87. The maximum atomic E-state index is 12.7. The van der Waals surface area contributed by atoms with Crippen LogP contribution >= 0.6 is 0 Å². The maximum Gasteiger partial charge on any atom is 0.282 e. The highest BCUT2D eigenvalue weighted by Crippen LogP contribution is 2.26. The number of fused-ring (bicyclic) bond motifs is 1. The van der Waals surface area contributed by atoms with Crippen molar-refractivity contribution in [3.63, 3.8) is 0 Å². The molecule has 1 aliphatic carbocycles. The molecule has 1 aliphatic heterocycles. The molecule has 0 radical (unpaired) electrons. The van der Waals surface area contributed by atoms with E-state index in [0.29, 0.717) is 6.04 Å². The van der Waals surface area contributed by atoms with E-state index in [2.05, 4.69) is 51.9 Å². The van der Waals surface area contributed by atoms with Crippen LogP contribution in [0.2, 0.25) is 0 Å². The average molecular weight is 381 g/mol. The molecule has 4 rings (SSSR count). The fraction of sp³-hybridized carbons (Fsp3) is 0.435. The Morgan fingerprint density at radius 1 is 1.14 bits per heavy atom. The summed E-state index contributed by atoms with van der Waals surface area (Å²) in [5.41, 5.74) is 4.86. The SMILES string of the molecule is C[C@@H]([NH2+][C@H]1CCCc2ccccc21)C(=O)Nc1ccc(N2CCOCC2)cc1. The molecule has 5 heteroatoms. The van der Waals surface area contributed by atoms with E-state index in [4.69, 9.17) is 4.74 Å². The van der Waals surface area contributed by atoms with Crippen LogP contribution in [0.1, 0.15) is 36.9 Å². The van der Waals surface area contributed by atoms with Crippen LogP contribution in [0.5, 0.6) is 0 Å². The topological polar surface area (TPSA) is 58.2 Å². The van der Waals surface area contributed by atoms with Crippen molar-refractivity contribution >= 4 is 17.3 Å². The summed E-state index contributed by atoms with van der Waals surface area (Å²) in [7, 11) is 0. The molecule has 28 heavy (non-hydrogen) atoms. The van der Waals surface area contributed by atoms with Crippen LogP contribution in [0.3, 0.4) is 0 Å². The van der Waals surface area contributed by atoms with Crippen LogP contribution < -0.4 is 15.5 Å². The minimum absolute atomic E-state index is 0.0576. The lowest BCUT2D eigenvalue weighted by molar-refractivity contribution is -0.714. The summed E-state index contributed by atoms with van der Waals surface area (Å²) in [6.45, 7) is 5.38. The molecule has 2 aromatic rings. The molecule has 1 heterocycles. The molecule has 2 aromatic carbocycles. The Morgan fingerprint density at radius 2 is 1.89 bits per heavy atom. The van der Waals surface area contributed by atoms with E-state index in [1.54, 1.807) is 0 Å². The predicted octanol–water partition coefficient (Wildman–Crippen LogP) is 2.49. The number of anilines is 2. The molecule has 0 unspecified atom stereocenters. The normalized spacial score (nSPS) is 20.3. The number of carbonyl (C=O) groups is 1. The number of morpholine rings is 1. The molecule has 5 nitrogen and oxygen atoms in total. The number of ether oxygens (including phenoxy) is 1. The third kappa shape index (κ3) is 4.37. The number of rotatable bonds is 5. The monoisotopic (exact) mass is 380 g/mol. The summed E-state index contributed by atoms with van der Waals surface area (Å²) in [6.07, 6.45) is 3.47. The molecule has 1 saturated heterocycles. The molecule has 0 bridgehead atoms. The van der Waals surface area contributed by atoms with Gasteiger partial charge in [0, 0.05) is 36.4 Å². The van der Waals surface area contributed by atoms with Crippen LogP contribution in [0.15, 0.2) is 48.5 Å². The Bertz CT molecular complexity index is 800. The molecule has 0 spiro atoms. The van der Waals surface area contributed by atoms with Gasteiger partial charge in [-0.25, -0.2) is 0 Å². The average Bonchev–Trinajstić information content (AvgIpc) is 2.75. The summed E-state index contributed by atoms with van der Waals surface area (Å²) in [4.78, 5) is 15.0. The molecule has 1 fully saturated rings. The van der Waals surface area contributed by atoms with Crippen molar-refractivity contribution in [3.8, 4) is 0 Å². The van der Waals surface area contributed by atoms with Gasteiger partial charge in [-0.05, 0) is 49.6 Å². The van der Waals surface area contributed by atoms with Crippen molar-refractivity contribution in [1.29, 1.82) is 0 Å². The first-order valence-corrected chi connectivity index (χ1v) is 10.4. The van der Waals surface area contributed by atoms with E-state index < -0.39 is 0 Å². The number of aryl methyl sites for hydroxylation is 1. The molecule has 0 saturated carbocycles. The third-order valence-corrected chi connectivity index (χ3v) is 5.86. The highest BCUT2D eigenvalue weighted by atomic mass is 16.5. The first-order chi connectivity index (χ1) is 13.7. The standard InChI is InChI=1S/C23H29N3O2/c1-17(24-22-8-4-6-18-5-2-3-7-21(18)22)23(27)25-19-9-11-20(12-10-19)26-13-15-28-16-14-26/h2-3,5,7,9-12,17,22,24H,4,6,8,13-16H2,1H3,(H,25,27)/p+1/t17-,22+/m1/s1. The van der Waals surface area contributed by atoms with Gasteiger partial charge in [-0.2, -0.15) is 0 Å². The van der Waals surface area contributed by atoms with Gasteiger partial charge < -0.3 is 20.3 Å². The second-order valence-electron chi connectivity index (χ2n) is 7.81. The lowest BCUT2D eigenvalue weighted by Gasteiger charge is -2.29. The van der Waals surface area contributed by atoms with E-state index in [1.165, 1.54) is 23.2 Å². The number of nitrogens with one attached hydrogen (secondary N) is 1. The summed E-state index contributed by atoms with van der Waals surface area (Å²) >= 11 is 0. The quantitative estimate of drug-likeness (QED) is 0.838. The van der Waals surface area contributed by atoms with Crippen molar-refractivity contribution in [2.24, 2.45) is 0 Å². The molecule has 148 valence electrons. The number of nitrogens with two attached hydrogens (primary N) is 1. The second-order valence-corrected chi connectivity index (χ2v) is 7.81. The van der Waals surface area contributed by atoms with Crippen LogP contribution in [0.25, 0.3) is 0 Å². The fourth-order valence-corrected chi connectivity index (χ4v) is 4.26. The van der Waals surface area contributed by atoms with Crippen LogP contribution in [0, 0.1) is 0 Å². The number of hydrogen-bond donors (Lipinski definition) is 2. The Labute approximate surface area is 167 Å². The van der Waals surface area contributed by atoms with Crippen molar-refractivity contribution in [2.45, 2.75) is 38.3 Å². The zero-order valence-electron chi connectivity index (χ0n) is 16.6. The Hall–Kier alpha value is -2.37. The molecular weight excluding hydrogens is 350 g/mol. The number of carbonyl (C=O) groups excluding carboxylic acids is 1. The molecular formula is C23H30N3O2+. The number of quaternary nitrogens is 1. The van der Waals surface area contributed by atoms with E-state index in [9.17, 15) is 4.79 Å². The molecule has 0 aromatic heterocycles. The predicted molar refractivity (Wildman–Crippen MR) is 112 cm³/mol. The highest BCUT2D eigenvalue weighted by Gasteiger charge is 2.27. The number of hydrogen-bond acceptors (Lipinski definition) is 3. The fourth-order valence-electron chi connectivity index (χ4n) is 4.26. The second kappa shape index (κ2) is 8.76. The van der Waals surface area contributed by atoms with Crippen molar-refractivity contribution in [3.05, 3.63) is 59.7 Å². The minimum atomic E-state index is -0.130. The van der Waals surface area contributed by atoms with Gasteiger partial charge in [0.2, 0.25) is 0 Å². The van der Waals surface area contributed by atoms with Crippen molar-refractivity contribution in [1.82, 2.24) is 0 Å². The summed E-state index contributed by atoms with van der Waals surface area (Å²) in [5.74, 6) is 0.0576. The zero-order valence-corrected chi connectivity index (χ0v) is 16.6. The van der Waals surface area contributed by atoms with Gasteiger partial charge in [0.05, 0.1) is 13.2 Å². The van der Waals surface area contributed by atoms with Gasteiger partial charge in [0.25, 0.3) is 5.91 Å². The Morgan fingerprint density at radius 3 is 2.68 bits per heavy atom. The van der Waals surface area contributed by atoms with Gasteiger partial charge in [-0.15, -0.1) is 0 Å². The van der Waals surface area contributed by atoms with Gasteiger partial charge in [-0.3, -0.25) is 4.79 Å². The first-order valence-electron chi connectivity index (χ1n) is 10.4. The van der Waals surface area contributed by atoms with Crippen LogP contribution in [-0.2, 0) is 16.0 Å². The van der Waals surface area contributed by atoms with Gasteiger partial charge in [0.1, 0.15) is 6.04 Å². The lowest BCUT2D eigenvalue weighted by Crippen LogP contribution is -2.92. The smallest absolute Gasteiger partial charge is 0.282 e. The molecule has 1 amide bonds. The zero-order chi connectivity index (χ0) is 19.3. The van der Waals surface area contributed by atoms with E-state index >= 15 is 0 Å². The number of amides is 1. The first kappa shape index (κ1) is 19.0. The van der Waals surface area contributed by atoms with E-state index in [0.717, 1.165) is 44.8 Å². The maximum absolute atomic E-state index is 12.7. The van der Waals surface area contributed by atoms with E-state index in [1.807, 2.05) is 19.1 Å². The van der Waals surface area contributed by atoms with Crippen LogP contribution in [0.4, 0.5) is 11.4 Å². The Balaban J connectivity index is 1.34. The Kier molecular flexibility index (Phi) is 5.93. The molecule has 2 aliphatic rings. The summed E-state index contributed by atoms with van der Waals surface area (Å²) < 4.78 is 5.41. The molecule has 2 atom stereocenters. The van der Waals surface area contributed by atoms with Crippen molar-refractivity contribution in [2.75, 3.05) is 36.5 Å². The molecule has 3 N–H and O–H groups in total.